The highest BCUT2D eigenvalue weighted by Crippen LogP contribution is 2.29. The Balaban J connectivity index is 1.76. The smallest absolute Gasteiger partial charge is 0.356 e. The number of H-pyrrole nitrogens is 1. The fourth-order valence-electron chi connectivity index (χ4n) is 2.56. The van der Waals surface area contributed by atoms with Gasteiger partial charge < -0.3 is 24.5 Å². The van der Waals surface area contributed by atoms with E-state index in [2.05, 4.69) is 10.3 Å². The Hall–Kier alpha value is -2.02. The van der Waals surface area contributed by atoms with Gasteiger partial charge >= 0.3 is 5.97 Å². The van der Waals surface area contributed by atoms with Crippen LogP contribution in [0.2, 0.25) is 5.02 Å². The topological polar surface area (TPSA) is 72.6 Å². The van der Waals surface area contributed by atoms with Crippen molar-refractivity contribution >= 4 is 23.3 Å². The third-order valence-corrected chi connectivity index (χ3v) is 3.91. The first-order valence-corrected chi connectivity index (χ1v) is 8.16. The van der Waals surface area contributed by atoms with Crippen LogP contribution in [0.3, 0.4) is 0 Å². The van der Waals surface area contributed by atoms with Crippen LogP contribution in [0, 0.1) is 0 Å². The van der Waals surface area contributed by atoms with Crippen LogP contribution in [0.15, 0.2) is 30.5 Å². The Morgan fingerprint density at radius 3 is 2.92 bits per heavy atom. The molecule has 0 spiro atoms. The molecule has 0 bridgehead atoms. The van der Waals surface area contributed by atoms with E-state index in [9.17, 15) is 4.79 Å². The van der Waals surface area contributed by atoms with Gasteiger partial charge in [-0.2, -0.15) is 0 Å². The van der Waals surface area contributed by atoms with Crippen molar-refractivity contribution in [3.05, 3.63) is 52.3 Å². The highest BCUT2D eigenvalue weighted by Gasteiger charge is 2.22. The summed E-state index contributed by atoms with van der Waals surface area (Å²) >= 11 is 6.10. The van der Waals surface area contributed by atoms with Gasteiger partial charge in [-0.15, -0.1) is 0 Å². The average molecular weight is 351 g/mol. The molecule has 3 rings (SSSR count). The number of hydrogen-bond acceptors (Lipinski definition) is 5. The molecule has 1 aromatic carbocycles. The third kappa shape index (κ3) is 3.72. The second-order valence-corrected chi connectivity index (χ2v) is 5.69. The summed E-state index contributed by atoms with van der Waals surface area (Å²) in [5.74, 6) is -0.385. The van der Waals surface area contributed by atoms with Crippen molar-refractivity contribution in [3.63, 3.8) is 0 Å². The molecule has 1 fully saturated rings. The number of carbonyl (C=O) groups excluding carboxylic acids is 1. The number of anilines is 1. The molecule has 0 amide bonds. The minimum absolute atomic E-state index is 0.328. The zero-order chi connectivity index (χ0) is 16.9. The molecule has 2 N–H and O–H groups in total. The number of rotatable bonds is 6. The van der Waals surface area contributed by atoms with Crippen LogP contribution in [0.4, 0.5) is 5.69 Å². The van der Waals surface area contributed by atoms with Crippen LogP contribution in [0.1, 0.15) is 34.8 Å². The number of nitrogens with one attached hydrogen (secondary N) is 2. The van der Waals surface area contributed by atoms with Crippen LogP contribution in [0.5, 0.6) is 0 Å². The molecule has 128 valence electrons. The molecule has 0 aliphatic carbocycles. The second kappa shape index (κ2) is 7.70. The van der Waals surface area contributed by atoms with Gasteiger partial charge in [-0.3, -0.25) is 0 Å². The average Bonchev–Trinajstić information content (AvgIpc) is 3.25. The van der Waals surface area contributed by atoms with Crippen molar-refractivity contribution < 1.29 is 19.0 Å². The summed E-state index contributed by atoms with van der Waals surface area (Å²) in [5.41, 5.74) is 2.96. The normalized spacial score (nSPS) is 14.8. The zero-order valence-electron chi connectivity index (χ0n) is 13.3. The number of esters is 1. The van der Waals surface area contributed by atoms with Gasteiger partial charge in [0.1, 0.15) is 5.69 Å². The molecule has 1 aromatic heterocycles. The summed E-state index contributed by atoms with van der Waals surface area (Å²) in [6, 6.07) is 7.38. The van der Waals surface area contributed by atoms with Crippen molar-refractivity contribution in [3.8, 4) is 0 Å². The van der Waals surface area contributed by atoms with Gasteiger partial charge in [0, 0.05) is 23.3 Å². The molecular weight excluding hydrogens is 332 g/mol. The molecule has 1 aliphatic rings. The molecule has 0 saturated carbocycles. The van der Waals surface area contributed by atoms with E-state index in [1.165, 1.54) is 0 Å². The molecule has 7 heteroatoms. The Labute approximate surface area is 145 Å². The highest BCUT2D eigenvalue weighted by atomic mass is 35.5. The van der Waals surface area contributed by atoms with Gasteiger partial charge in [0.25, 0.3) is 0 Å². The highest BCUT2D eigenvalue weighted by molar-refractivity contribution is 6.30. The maximum Gasteiger partial charge on any atom is 0.356 e. The van der Waals surface area contributed by atoms with Crippen LogP contribution < -0.4 is 5.32 Å². The van der Waals surface area contributed by atoms with Crippen molar-refractivity contribution in [2.45, 2.75) is 19.8 Å². The van der Waals surface area contributed by atoms with E-state index in [0.29, 0.717) is 42.8 Å². The quantitative estimate of drug-likeness (QED) is 0.780. The summed E-state index contributed by atoms with van der Waals surface area (Å²) in [4.78, 5) is 14.8. The number of aromatic nitrogens is 1. The van der Waals surface area contributed by atoms with Gasteiger partial charge in [0.2, 0.25) is 0 Å². The Morgan fingerprint density at radius 1 is 1.38 bits per heavy atom. The lowest BCUT2D eigenvalue weighted by atomic mass is 10.1. The van der Waals surface area contributed by atoms with Crippen LogP contribution in [-0.4, -0.2) is 30.8 Å². The first-order chi connectivity index (χ1) is 11.7. The zero-order valence-corrected chi connectivity index (χ0v) is 14.1. The monoisotopic (exact) mass is 350 g/mol. The molecule has 2 heterocycles. The van der Waals surface area contributed by atoms with Gasteiger partial charge in [-0.25, -0.2) is 4.79 Å². The predicted molar refractivity (Wildman–Crippen MR) is 90.2 cm³/mol. The molecular formula is C17H19ClN2O4. The maximum absolute atomic E-state index is 11.9. The molecule has 1 saturated heterocycles. The number of hydrogen-bond donors (Lipinski definition) is 2. The summed E-state index contributed by atoms with van der Waals surface area (Å²) in [5, 5.41) is 3.87. The summed E-state index contributed by atoms with van der Waals surface area (Å²) in [7, 11) is 0. The van der Waals surface area contributed by atoms with Crippen LogP contribution in [-0.2, 0) is 20.8 Å². The minimum Gasteiger partial charge on any atom is -0.461 e. The van der Waals surface area contributed by atoms with Crippen molar-refractivity contribution in [2.24, 2.45) is 0 Å². The second-order valence-electron chi connectivity index (χ2n) is 5.26. The molecule has 6 nitrogen and oxygen atoms in total. The first kappa shape index (κ1) is 16.8. The van der Waals surface area contributed by atoms with Crippen LogP contribution in [0.25, 0.3) is 0 Å². The van der Waals surface area contributed by atoms with E-state index in [-0.39, 0.29) is 5.97 Å². The van der Waals surface area contributed by atoms with E-state index in [0.717, 1.165) is 11.1 Å². The fraction of sp³-hybridized carbons (Fsp3) is 0.353. The number of aromatic amines is 1. The lowest BCUT2D eigenvalue weighted by molar-refractivity contribution is -0.0446. The van der Waals surface area contributed by atoms with Crippen molar-refractivity contribution in [1.29, 1.82) is 0 Å². The van der Waals surface area contributed by atoms with E-state index in [1.807, 2.05) is 18.2 Å². The van der Waals surface area contributed by atoms with Crippen LogP contribution >= 0.6 is 11.6 Å². The largest absolute Gasteiger partial charge is 0.461 e. The Bertz CT molecular complexity index is 710. The number of benzene rings is 1. The van der Waals surface area contributed by atoms with Gasteiger partial charge in [-0.1, -0.05) is 17.7 Å². The molecule has 24 heavy (non-hydrogen) atoms. The van der Waals surface area contributed by atoms with Gasteiger partial charge in [0.15, 0.2) is 6.29 Å². The summed E-state index contributed by atoms with van der Waals surface area (Å²) < 4.78 is 16.2. The van der Waals surface area contributed by atoms with Crippen molar-refractivity contribution in [2.75, 3.05) is 25.1 Å². The molecule has 0 radical (unpaired) electrons. The van der Waals surface area contributed by atoms with E-state index < -0.39 is 6.29 Å². The SMILES string of the molecule is CCOC(=O)c1[nH]ccc1NCc1ccc(Cl)cc1C1OCCO1. The standard InChI is InChI=1S/C17H19ClN2O4/c1-2-22-16(21)15-14(5-6-19-15)20-10-11-3-4-12(18)9-13(11)17-23-7-8-24-17/h3-6,9,17,19-20H,2,7-8,10H2,1H3. The Kier molecular flexibility index (Phi) is 5.40. The lowest BCUT2D eigenvalue weighted by Gasteiger charge is -2.16. The number of ether oxygens (including phenoxy) is 3. The predicted octanol–water partition coefficient (Wildman–Crippen LogP) is 3.50. The van der Waals surface area contributed by atoms with E-state index >= 15 is 0 Å². The summed E-state index contributed by atoms with van der Waals surface area (Å²) in [6.45, 7) is 3.73. The summed E-state index contributed by atoms with van der Waals surface area (Å²) in [6.07, 6.45) is 1.29. The maximum atomic E-state index is 11.9. The molecule has 1 aliphatic heterocycles. The first-order valence-electron chi connectivity index (χ1n) is 7.79. The fourth-order valence-corrected chi connectivity index (χ4v) is 2.74. The molecule has 2 aromatic rings. The molecule has 0 atom stereocenters. The number of halogens is 1. The van der Waals surface area contributed by atoms with Crippen molar-refractivity contribution in [1.82, 2.24) is 4.98 Å². The van der Waals surface area contributed by atoms with E-state index in [1.54, 1.807) is 19.2 Å². The minimum atomic E-state index is -0.406. The third-order valence-electron chi connectivity index (χ3n) is 3.68. The number of carbonyl (C=O) groups is 1. The van der Waals surface area contributed by atoms with Gasteiger partial charge in [-0.05, 0) is 30.7 Å². The Morgan fingerprint density at radius 2 is 2.17 bits per heavy atom. The molecule has 0 unspecified atom stereocenters. The van der Waals surface area contributed by atoms with Gasteiger partial charge in [0.05, 0.1) is 25.5 Å². The van der Waals surface area contributed by atoms with E-state index in [4.69, 9.17) is 25.8 Å². The lowest BCUT2D eigenvalue weighted by Crippen LogP contribution is -2.11.